The van der Waals surface area contributed by atoms with Crippen molar-refractivity contribution in [2.75, 3.05) is 36.0 Å². The number of carbonyl (C=O) groups excluding carboxylic acids is 1. The van der Waals surface area contributed by atoms with Crippen molar-refractivity contribution < 1.29 is 4.79 Å². The van der Waals surface area contributed by atoms with Crippen molar-refractivity contribution in [3.8, 4) is 5.69 Å². The lowest BCUT2D eigenvalue weighted by atomic mass is 9.73. The maximum Gasteiger partial charge on any atom is 0.232 e. The summed E-state index contributed by atoms with van der Waals surface area (Å²) < 4.78 is 2.13. The molecular formula is C24H24ClN7O. The number of carbonyl (C=O) groups is 1. The van der Waals surface area contributed by atoms with Crippen LogP contribution in [0.3, 0.4) is 0 Å². The number of hydrogen-bond donors (Lipinski definition) is 0. The molecule has 33 heavy (non-hydrogen) atoms. The van der Waals surface area contributed by atoms with Crippen LogP contribution in [0.2, 0.25) is 5.02 Å². The van der Waals surface area contributed by atoms with Gasteiger partial charge in [0.05, 0.1) is 12.2 Å². The number of aromatic nitrogens is 4. The summed E-state index contributed by atoms with van der Waals surface area (Å²) in [4.78, 5) is 24.0. The first-order valence-electron chi connectivity index (χ1n) is 11.5. The van der Waals surface area contributed by atoms with E-state index < -0.39 is 0 Å². The van der Waals surface area contributed by atoms with Crippen LogP contribution in [0.5, 0.6) is 0 Å². The van der Waals surface area contributed by atoms with Crippen LogP contribution in [0, 0.1) is 11.3 Å². The molecule has 4 aliphatic rings. The molecule has 2 saturated heterocycles. The monoisotopic (exact) mass is 461 g/mol. The highest BCUT2D eigenvalue weighted by Crippen LogP contribution is 2.44. The van der Waals surface area contributed by atoms with Gasteiger partial charge in [-0.3, -0.25) is 9.36 Å². The van der Waals surface area contributed by atoms with E-state index in [-0.39, 0.29) is 17.2 Å². The van der Waals surface area contributed by atoms with Crippen LogP contribution >= 0.6 is 11.6 Å². The number of rotatable bonds is 3. The number of anilines is 2. The lowest BCUT2D eigenvalue weighted by Crippen LogP contribution is -2.73. The molecule has 1 aliphatic carbocycles. The van der Waals surface area contributed by atoms with Gasteiger partial charge in [-0.2, -0.15) is 0 Å². The maximum absolute atomic E-state index is 12.9. The fourth-order valence-corrected chi connectivity index (χ4v) is 5.70. The van der Waals surface area contributed by atoms with E-state index in [2.05, 4.69) is 35.6 Å². The van der Waals surface area contributed by atoms with Crippen LogP contribution < -0.4 is 9.80 Å². The fourth-order valence-electron chi connectivity index (χ4n) is 5.51. The second-order valence-corrected chi connectivity index (χ2v) is 10.3. The molecule has 0 unspecified atom stereocenters. The molecule has 0 radical (unpaired) electrons. The largest absolute Gasteiger partial charge is 0.355 e. The summed E-state index contributed by atoms with van der Waals surface area (Å²) >= 11 is 6.34. The lowest BCUT2D eigenvalue weighted by Gasteiger charge is -2.60. The van der Waals surface area contributed by atoms with Gasteiger partial charge in [0.25, 0.3) is 0 Å². The van der Waals surface area contributed by atoms with E-state index in [4.69, 9.17) is 11.6 Å². The van der Waals surface area contributed by atoms with Crippen LogP contribution in [0.1, 0.15) is 24.2 Å². The summed E-state index contributed by atoms with van der Waals surface area (Å²) in [5.74, 6) is 3.09. The summed E-state index contributed by atoms with van der Waals surface area (Å²) in [6.07, 6.45) is 3.82. The third-order valence-electron chi connectivity index (χ3n) is 7.29. The summed E-state index contributed by atoms with van der Waals surface area (Å²) in [5, 5.41) is 9.79. The molecule has 7 rings (SSSR count). The Kier molecular flexibility index (Phi) is 4.07. The average Bonchev–Trinajstić information content (AvgIpc) is 3.56. The van der Waals surface area contributed by atoms with Crippen LogP contribution in [-0.2, 0) is 17.9 Å². The number of nitrogens with zero attached hydrogens (tertiary/aromatic N) is 7. The Morgan fingerprint density at radius 3 is 2.58 bits per heavy atom. The highest BCUT2D eigenvalue weighted by molar-refractivity contribution is 6.30. The Bertz CT molecular complexity index is 1240. The summed E-state index contributed by atoms with van der Waals surface area (Å²) in [6.45, 7) is 4.94. The molecular weight excluding hydrogens is 438 g/mol. The summed E-state index contributed by atoms with van der Waals surface area (Å²) in [6, 6.07) is 12.0. The zero-order valence-electron chi connectivity index (χ0n) is 18.2. The first-order valence-corrected chi connectivity index (χ1v) is 11.9. The van der Waals surface area contributed by atoms with E-state index in [1.165, 1.54) is 0 Å². The van der Waals surface area contributed by atoms with Gasteiger partial charge in [-0.15, -0.1) is 10.2 Å². The Balaban J connectivity index is 1.16. The summed E-state index contributed by atoms with van der Waals surface area (Å²) in [5.41, 5.74) is 2.34. The van der Waals surface area contributed by atoms with Crippen molar-refractivity contribution >= 4 is 29.3 Å². The first-order chi connectivity index (χ1) is 16.1. The number of amides is 1. The molecule has 3 aliphatic heterocycles. The van der Waals surface area contributed by atoms with E-state index in [1.54, 1.807) is 0 Å². The third-order valence-corrected chi connectivity index (χ3v) is 7.52. The first kappa shape index (κ1) is 19.3. The van der Waals surface area contributed by atoms with Gasteiger partial charge in [0.1, 0.15) is 5.82 Å². The number of hydrogen-bond acceptors (Lipinski definition) is 6. The van der Waals surface area contributed by atoms with Crippen LogP contribution in [0.4, 0.5) is 11.8 Å². The maximum atomic E-state index is 12.9. The predicted octanol–water partition coefficient (Wildman–Crippen LogP) is 2.89. The predicted molar refractivity (Wildman–Crippen MR) is 124 cm³/mol. The van der Waals surface area contributed by atoms with Crippen molar-refractivity contribution in [1.29, 1.82) is 0 Å². The van der Waals surface area contributed by atoms with Gasteiger partial charge in [-0.05, 0) is 48.7 Å². The standard InChI is InChI=1S/C24H24ClN7O/c25-18-6-7-19-17(9-18)10-29(22(33)16-4-5-16)11-21-27-28-23(32(19)21)31-14-24(15-31)12-30(13-24)20-3-1-2-8-26-20/h1-3,6-9,16H,4-5,10-15H2. The topological polar surface area (TPSA) is 70.4 Å². The van der Waals surface area contributed by atoms with Crippen LogP contribution in [-0.4, -0.2) is 56.7 Å². The quantitative estimate of drug-likeness (QED) is 0.597. The van der Waals surface area contributed by atoms with Gasteiger partial charge >= 0.3 is 0 Å². The Morgan fingerprint density at radius 1 is 1.00 bits per heavy atom. The van der Waals surface area contributed by atoms with Crippen molar-refractivity contribution in [2.24, 2.45) is 11.3 Å². The Labute approximate surface area is 196 Å². The van der Waals surface area contributed by atoms with Gasteiger partial charge in [-0.1, -0.05) is 17.7 Å². The highest BCUT2D eigenvalue weighted by Gasteiger charge is 2.53. The smallest absolute Gasteiger partial charge is 0.232 e. The number of pyridine rings is 1. The van der Waals surface area contributed by atoms with E-state index in [0.717, 1.165) is 67.9 Å². The lowest BCUT2D eigenvalue weighted by molar-refractivity contribution is -0.133. The molecule has 1 amide bonds. The van der Waals surface area contributed by atoms with Gasteiger partial charge in [0.15, 0.2) is 5.82 Å². The molecule has 0 bridgehead atoms. The minimum absolute atomic E-state index is 0.164. The van der Waals surface area contributed by atoms with E-state index >= 15 is 0 Å². The van der Waals surface area contributed by atoms with Crippen LogP contribution in [0.25, 0.3) is 5.69 Å². The van der Waals surface area contributed by atoms with Crippen molar-refractivity contribution in [2.45, 2.75) is 25.9 Å². The Hall–Kier alpha value is -3.13. The summed E-state index contributed by atoms with van der Waals surface area (Å²) in [7, 11) is 0. The highest BCUT2D eigenvalue weighted by atomic mass is 35.5. The average molecular weight is 462 g/mol. The van der Waals surface area contributed by atoms with E-state index in [1.807, 2.05) is 41.4 Å². The van der Waals surface area contributed by atoms with E-state index in [0.29, 0.717) is 18.1 Å². The molecule has 9 heteroatoms. The van der Waals surface area contributed by atoms with Gasteiger partial charge < -0.3 is 14.7 Å². The second-order valence-electron chi connectivity index (χ2n) is 9.89. The van der Waals surface area contributed by atoms with Gasteiger partial charge in [0, 0.05) is 55.3 Å². The molecule has 168 valence electrons. The molecule has 2 aromatic heterocycles. The van der Waals surface area contributed by atoms with Crippen molar-refractivity contribution in [1.82, 2.24) is 24.6 Å². The molecule has 8 nitrogen and oxygen atoms in total. The van der Waals surface area contributed by atoms with Crippen LogP contribution in [0.15, 0.2) is 42.6 Å². The van der Waals surface area contributed by atoms with Crippen molar-refractivity contribution in [3.63, 3.8) is 0 Å². The number of fused-ring (bicyclic) bond motifs is 3. The van der Waals surface area contributed by atoms with Gasteiger partial charge in [0.2, 0.25) is 11.9 Å². The van der Waals surface area contributed by atoms with E-state index in [9.17, 15) is 4.79 Å². The molecule has 1 aromatic carbocycles. The molecule has 0 atom stereocenters. The van der Waals surface area contributed by atoms with Crippen molar-refractivity contribution in [3.05, 3.63) is 59.0 Å². The zero-order chi connectivity index (χ0) is 22.2. The normalized spacial score (nSPS) is 20.6. The molecule has 5 heterocycles. The molecule has 3 aromatic rings. The second kappa shape index (κ2) is 6.93. The minimum Gasteiger partial charge on any atom is -0.355 e. The Morgan fingerprint density at radius 2 is 1.82 bits per heavy atom. The molecule has 1 spiro atoms. The van der Waals surface area contributed by atoms with Gasteiger partial charge in [-0.25, -0.2) is 4.98 Å². The molecule has 0 N–H and O–H groups in total. The SMILES string of the molecule is O=C(C1CC1)N1Cc2cc(Cl)ccc2-n2c(nnc2N2CC3(CN(c4ccccn4)C3)C2)C1. The zero-order valence-corrected chi connectivity index (χ0v) is 18.9. The fraction of sp³-hybridized carbons (Fsp3) is 0.417. The minimum atomic E-state index is 0.164. The number of halogens is 1. The molecule has 1 saturated carbocycles. The number of benzene rings is 1. The molecule has 3 fully saturated rings. The third kappa shape index (κ3) is 3.11.